The topological polar surface area (TPSA) is 0 Å². The molecule has 0 N–H and O–H groups in total. The van der Waals surface area contributed by atoms with Crippen LogP contribution in [0.1, 0.15) is 334 Å². The van der Waals surface area contributed by atoms with Gasteiger partial charge in [0.25, 0.3) is 0 Å². The normalized spacial score (nSPS) is 24.8. The maximum atomic E-state index is 14.3. The number of halogens is 12. The van der Waals surface area contributed by atoms with E-state index < -0.39 is 29.4 Å². The van der Waals surface area contributed by atoms with Crippen molar-refractivity contribution in [3.8, 4) is 55.6 Å². The van der Waals surface area contributed by atoms with Crippen LogP contribution in [-0.2, 0) is 0 Å². The van der Waals surface area contributed by atoms with Crippen LogP contribution >= 0.6 is 46.4 Å². The van der Waals surface area contributed by atoms with E-state index in [4.69, 9.17) is 46.4 Å². The highest BCUT2D eigenvalue weighted by Crippen LogP contribution is 2.47. The molecule has 0 radical (unpaired) electrons. The van der Waals surface area contributed by atoms with Gasteiger partial charge in [0.2, 0.25) is 0 Å². The van der Waals surface area contributed by atoms with Crippen LogP contribution in [0.25, 0.3) is 55.6 Å². The molecule has 0 saturated heterocycles. The van der Waals surface area contributed by atoms with Crippen molar-refractivity contribution < 1.29 is 45.1 Å². The van der Waals surface area contributed by atoms with Crippen LogP contribution < -0.4 is 0 Å². The Labute approximate surface area is 815 Å². The summed E-state index contributed by atoms with van der Waals surface area (Å²) in [6.45, 7) is 24.5. The molecule has 716 valence electrons. The molecule has 7 aliphatic rings. The van der Waals surface area contributed by atoms with E-state index in [-0.39, 0.29) is 59.7 Å². The zero-order valence-corrected chi connectivity index (χ0v) is 82.8. The lowest BCUT2D eigenvalue weighted by Gasteiger charge is -2.34. The maximum absolute atomic E-state index is 14.3. The summed E-state index contributed by atoms with van der Waals surface area (Å²) in [6.07, 6.45) is 32.0. The fraction of sp³-hybridized carbons (Fsp3) is 0.450. The number of hydrogen-bond acceptors (Lipinski definition) is 0. The zero-order valence-electron chi connectivity index (χ0n) is 79.8. The van der Waals surface area contributed by atoms with Crippen LogP contribution in [-0.4, -0.2) is 11.5 Å². The molecule has 7 fully saturated rings. The minimum Gasteiger partial charge on any atom is -0.246 e. The lowest BCUT2D eigenvalue weighted by molar-refractivity contribution is 0.169. The molecule has 0 heterocycles. The van der Waals surface area contributed by atoms with E-state index in [1.807, 2.05) is 99.6 Å². The Morgan fingerprint density at radius 3 is 0.674 bits per heavy atom. The van der Waals surface area contributed by atoms with Crippen molar-refractivity contribution in [2.45, 2.75) is 303 Å². The van der Waals surface area contributed by atoms with Crippen molar-refractivity contribution in [1.82, 2.24) is 0 Å². The third-order valence-electron chi connectivity index (χ3n) is 30.9. The molecule has 12 heteroatoms. The molecular weight excluding hydrogens is 1740 g/mol. The van der Waals surface area contributed by atoms with Gasteiger partial charge in [0.1, 0.15) is 23.6 Å². The van der Waals surface area contributed by atoms with Gasteiger partial charge in [0.05, 0.1) is 20.4 Å². The van der Waals surface area contributed by atoms with Crippen LogP contribution in [0.5, 0.6) is 0 Å². The van der Waals surface area contributed by atoms with Crippen molar-refractivity contribution in [3.63, 3.8) is 0 Å². The molecule has 18 rings (SSSR count). The van der Waals surface area contributed by atoms with Gasteiger partial charge in [-0.25, -0.2) is 35.1 Å². The highest BCUT2D eigenvalue weighted by Gasteiger charge is 2.38. The summed E-state index contributed by atoms with van der Waals surface area (Å²) in [4.78, 5) is 0. The van der Waals surface area contributed by atoms with Gasteiger partial charge < -0.3 is 0 Å². The van der Waals surface area contributed by atoms with Crippen LogP contribution in [0.3, 0.4) is 0 Å². The van der Waals surface area contributed by atoms with E-state index in [0.717, 1.165) is 98.8 Å². The summed E-state index contributed by atoms with van der Waals surface area (Å²) >= 11 is 24.6. The quantitative estimate of drug-likeness (QED) is 0.0845. The predicted octanol–water partition coefficient (Wildman–Crippen LogP) is 40.9. The average molecular weight is 1890 g/mol. The van der Waals surface area contributed by atoms with Crippen LogP contribution in [0, 0.1) is 117 Å². The van der Waals surface area contributed by atoms with Crippen LogP contribution in [0.4, 0.5) is 35.1 Å². The Morgan fingerprint density at radius 1 is 0.212 bits per heavy atom. The zero-order chi connectivity index (χ0) is 94.1. The van der Waals surface area contributed by atoms with Crippen molar-refractivity contribution in [2.24, 2.45) is 41.4 Å². The molecule has 0 aromatic heterocycles. The Kier molecular flexibility index (Phi) is 36.6. The first-order chi connectivity index (χ1) is 63.4. The number of alkyl halides is 2. The van der Waals surface area contributed by atoms with E-state index in [1.165, 1.54) is 193 Å². The van der Waals surface area contributed by atoms with Gasteiger partial charge in [0.15, 0.2) is 23.3 Å². The summed E-state index contributed by atoms with van der Waals surface area (Å²) in [5, 5.41) is 0.301. The van der Waals surface area contributed by atoms with Gasteiger partial charge in [-0.15, -0.1) is 11.6 Å². The molecule has 4 atom stereocenters. The number of hydrogen-bond donors (Lipinski definition) is 0. The molecule has 11 aromatic carbocycles. The second-order valence-electron chi connectivity index (χ2n) is 40.9. The molecule has 0 spiro atoms. The number of aryl methyl sites for hydroxylation is 5. The minimum atomic E-state index is -0.875. The summed E-state index contributed by atoms with van der Waals surface area (Å²) in [6, 6.07) is 67.8. The molecule has 0 nitrogen and oxygen atoms in total. The van der Waals surface area contributed by atoms with Gasteiger partial charge in [-0.1, -0.05) is 367 Å². The molecule has 0 bridgehead atoms. The van der Waals surface area contributed by atoms with E-state index in [1.54, 1.807) is 51.1 Å². The number of benzene rings is 11. The Bertz CT molecular complexity index is 4850. The largest absolute Gasteiger partial charge is 0.246 e. The van der Waals surface area contributed by atoms with Crippen molar-refractivity contribution in [3.05, 3.63) is 329 Å². The molecule has 0 aliphatic heterocycles. The van der Waals surface area contributed by atoms with Gasteiger partial charge in [0, 0.05) is 43.7 Å². The van der Waals surface area contributed by atoms with E-state index in [2.05, 4.69) is 139 Å². The third kappa shape index (κ3) is 26.0. The molecule has 0 amide bonds. The summed E-state index contributed by atoms with van der Waals surface area (Å²) in [7, 11) is 0. The summed E-state index contributed by atoms with van der Waals surface area (Å²) in [5.41, 5.74) is 19.2. The van der Waals surface area contributed by atoms with Crippen LogP contribution in [0.15, 0.2) is 206 Å². The first-order valence-electron chi connectivity index (χ1n) is 49.5. The van der Waals surface area contributed by atoms with E-state index in [0.29, 0.717) is 68.5 Å². The highest BCUT2D eigenvalue weighted by molar-refractivity contribution is 6.33. The fourth-order valence-corrected chi connectivity index (χ4v) is 22.4. The Morgan fingerprint density at radius 2 is 0.417 bits per heavy atom. The SMILES string of the molecule is CC1CCC(c2ccc(C3CC[C@@H](C)C(F)C3Cl)cc2)CC1.Cc1ccc(-c2ccc(C3CCC(C)CC3)cc2)c(Cl)c1F.Cc1ccc(-c2ccc(C3CCC(C)CC3)cc2)c(F)c1Cl.Cc1ccc(-c2ccc(C3CCC(C)CC3)cc2)c(F)c1Cl.Cc1ccc(-c2ccc(C3CCC(C)CC3)cc2)c(F)c1F.Cc1ccc(-c2ccc(C3CCC(C)CC3)cc2)c(F)c1F.[HH].[HH].[HH].[HH].[HH].[HH].[HH]. The Hall–Kier alpha value is -7.98. The summed E-state index contributed by atoms with van der Waals surface area (Å²) in [5.74, 6) is 5.42. The monoisotopic (exact) mass is 1890 g/mol. The van der Waals surface area contributed by atoms with Crippen LogP contribution in [0.2, 0.25) is 15.1 Å². The fourth-order valence-electron chi connectivity index (χ4n) is 21.2. The van der Waals surface area contributed by atoms with E-state index >= 15 is 0 Å². The van der Waals surface area contributed by atoms with Gasteiger partial charge in [-0.3, -0.25) is 0 Å². The summed E-state index contributed by atoms with van der Waals surface area (Å²) < 4.78 is 112. The minimum absolute atomic E-state index is 0. The molecular formula is C120H152Cl4F8. The first kappa shape index (κ1) is 101. The van der Waals surface area contributed by atoms with Gasteiger partial charge in [-0.2, -0.15) is 0 Å². The lowest BCUT2D eigenvalue weighted by atomic mass is 9.76. The second-order valence-corrected chi connectivity index (χ2v) is 42.5. The van der Waals surface area contributed by atoms with Crippen molar-refractivity contribution in [2.75, 3.05) is 0 Å². The smallest absolute Gasteiger partial charge is 0.166 e. The molecule has 3 unspecified atom stereocenters. The van der Waals surface area contributed by atoms with Crippen molar-refractivity contribution >= 4 is 46.4 Å². The number of rotatable bonds is 12. The maximum Gasteiger partial charge on any atom is 0.166 e. The molecule has 7 saturated carbocycles. The van der Waals surface area contributed by atoms with Gasteiger partial charge in [-0.05, 0) is 296 Å². The lowest BCUT2D eigenvalue weighted by Crippen LogP contribution is -2.34. The predicted molar refractivity (Wildman–Crippen MR) is 557 cm³/mol. The second kappa shape index (κ2) is 47.7. The van der Waals surface area contributed by atoms with Gasteiger partial charge >= 0.3 is 0 Å². The molecule has 132 heavy (non-hydrogen) atoms. The third-order valence-corrected chi connectivity index (χ3v) is 32.8. The van der Waals surface area contributed by atoms with E-state index in [9.17, 15) is 35.1 Å². The standard InChI is InChI=1S/C20H28ClF.3C20H22ClF.2C20H22F2.7H2/c2*1-13-3-6-15(7-4-13)16-8-10-17(11-9-16)18-12-5-14(2)20(22)19(18)21;4*1-13-3-6-15(7-4-13)16-8-10-17(11-9-16)18-12-5-14(2)19(21)20(18)22;;;;;;;/h8-11,13-15,18-20H,3-7,12H2,1-2H3;5*5,8-13,15H,3-4,6-7H2,1-2H3;7*1H/t13?,14-,15?,18?,19?,20?;;;;;;;;;;;;/m1............/s1. The first-order valence-corrected chi connectivity index (χ1v) is 51.1. The molecule has 7 aliphatic carbocycles. The van der Waals surface area contributed by atoms with Crippen molar-refractivity contribution in [1.29, 1.82) is 0 Å². The average Bonchev–Trinajstić information content (AvgIpc) is 0.826. The highest BCUT2D eigenvalue weighted by atomic mass is 35.5. The molecule has 11 aromatic rings. The Balaban J connectivity index is 0.000000253.